The Morgan fingerprint density at radius 1 is 0.886 bits per heavy atom. The molecule has 1 fully saturated rings. The number of nitrogens with one attached hydrogen (secondary N) is 2. The van der Waals surface area contributed by atoms with E-state index in [4.69, 9.17) is 9.72 Å². The molecule has 0 bridgehead atoms. The molecule has 224 valence electrons. The lowest BCUT2D eigenvalue weighted by atomic mass is 9.99. The van der Waals surface area contributed by atoms with Crippen molar-refractivity contribution in [2.45, 2.75) is 0 Å². The second-order valence-corrected chi connectivity index (χ2v) is 11.3. The number of likely N-dealkylation sites (N-methyl/N-ethyl adjacent to an activating group) is 1. The van der Waals surface area contributed by atoms with Crippen LogP contribution in [0, 0.1) is 0 Å². The maximum absolute atomic E-state index is 13.8. The van der Waals surface area contributed by atoms with Crippen LogP contribution in [0.25, 0.3) is 33.3 Å². The highest BCUT2D eigenvalue weighted by Crippen LogP contribution is 2.34. The first-order valence-corrected chi connectivity index (χ1v) is 14.6. The number of ether oxygens (including phenoxy) is 1. The first kappa shape index (κ1) is 28.9. The average molecular weight is 589 g/mol. The Labute approximate surface area is 257 Å². The van der Waals surface area contributed by atoms with Crippen LogP contribution in [0.3, 0.4) is 0 Å². The third-order valence-electron chi connectivity index (χ3n) is 8.15. The summed E-state index contributed by atoms with van der Waals surface area (Å²) in [6.07, 6.45) is 3.77. The zero-order valence-electron chi connectivity index (χ0n) is 25.4. The standard InChI is InChI=1S/C35H36N6O3/c1-39(2)35(43)24-7-5-23(6-8-24)31-22-37-33-29(31)20-26(21-36-33)25-9-14-32(41-17-15-40(3)16-18-41)30(19-25)34(42)38-27-10-12-28(44-4)13-11-27/h5-14,19-22H,15-18H2,1-4H3,(H,36,37)(H,38,42). The summed E-state index contributed by atoms with van der Waals surface area (Å²) < 4.78 is 5.27. The van der Waals surface area contributed by atoms with Crippen molar-refractivity contribution >= 4 is 34.2 Å². The predicted octanol–water partition coefficient (Wildman–Crippen LogP) is 5.61. The zero-order chi connectivity index (χ0) is 30.8. The highest BCUT2D eigenvalue weighted by atomic mass is 16.5. The quantitative estimate of drug-likeness (QED) is 0.257. The molecule has 1 aliphatic rings. The Bertz CT molecular complexity index is 1800. The molecular weight excluding hydrogens is 552 g/mol. The van der Waals surface area contributed by atoms with Gasteiger partial charge in [0.2, 0.25) is 0 Å². The molecule has 6 rings (SSSR count). The number of benzene rings is 3. The van der Waals surface area contributed by atoms with Crippen LogP contribution in [0.1, 0.15) is 20.7 Å². The number of H-pyrrole nitrogens is 1. The lowest BCUT2D eigenvalue weighted by molar-refractivity contribution is 0.0827. The molecular formula is C35H36N6O3. The number of nitrogens with zero attached hydrogens (tertiary/aromatic N) is 4. The van der Waals surface area contributed by atoms with E-state index in [2.05, 4.69) is 39.3 Å². The van der Waals surface area contributed by atoms with Crippen LogP contribution >= 0.6 is 0 Å². The summed E-state index contributed by atoms with van der Waals surface area (Å²) in [7, 11) is 7.23. The molecule has 0 saturated carbocycles. The lowest BCUT2D eigenvalue weighted by Crippen LogP contribution is -2.45. The third-order valence-corrected chi connectivity index (χ3v) is 8.15. The molecule has 3 heterocycles. The second kappa shape index (κ2) is 12.2. The molecule has 9 nitrogen and oxygen atoms in total. The number of rotatable bonds is 7. The Morgan fingerprint density at radius 3 is 2.27 bits per heavy atom. The van der Waals surface area contributed by atoms with Gasteiger partial charge < -0.3 is 29.7 Å². The van der Waals surface area contributed by atoms with Gasteiger partial charge in [0.25, 0.3) is 11.8 Å². The van der Waals surface area contributed by atoms with E-state index in [-0.39, 0.29) is 11.8 Å². The zero-order valence-corrected chi connectivity index (χ0v) is 25.4. The van der Waals surface area contributed by atoms with E-state index >= 15 is 0 Å². The Morgan fingerprint density at radius 2 is 1.59 bits per heavy atom. The van der Waals surface area contributed by atoms with E-state index < -0.39 is 0 Å². The van der Waals surface area contributed by atoms with Crippen LogP contribution in [0.4, 0.5) is 11.4 Å². The monoisotopic (exact) mass is 588 g/mol. The van der Waals surface area contributed by atoms with Gasteiger partial charge in [-0.3, -0.25) is 9.59 Å². The number of piperazine rings is 1. The average Bonchev–Trinajstić information content (AvgIpc) is 3.48. The van der Waals surface area contributed by atoms with E-state index in [1.807, 2.05) is 73.1 Å². The van der Waals surface area contributed by atoms with Crippen LogP contribution in [0.2, 0.25) is 0 Å². The minimum atomic E-state index is -0.172. The summed E-state index contributed by atoms with van der Waals surface area (Å²) in [5.41, 5.74) is 7.40. The first-order chi connectivity index (χ1) is 21.3. The number of carbonyl (C=O) groups excluding carboxylic acids is 2. The fraction of sp³-hybridized carbons (Fsp3) is 0.229. The van der Waals surface area contributed by atoms with E-state index in [9.17, 15) is 9.59 Å². The van der Waals surface area contributed by atoms with E-state index in [1.165, 1.54) is 0 Å². The molecule has 0 aliphatic carbocycles. The number of anilines is 2. The van der Waals surface area contributed by atoms with Crippen molar-refractivity contribution in [2.75, 3.05) is 64.6 Å². The Hall–Kier alpha value is -5.15. The first-order valence-electron chi connectivity index (χ1n) is 14.6. The molecule has 0 spiro atoms. The van der Waals surface area contributed by atoms with Crippen molar-refractivity contribution in [2.24, 2.45) is 0 Å². The number of aromatic nitrogens is 2. The number of carbonyl (C=O) groups is 2. The second-order valence-electron chi connectivity index (χ2n) is 11.3. The highest BCUT2D eigenvalue weighted by molar-refractivity contribution is 6.09. The van der Waals surface area contributed by atoms with Gasteiger partial charge in [0.1, 0.15) is 11.4 Å². The summed E-state index contributed by atoms with van der Waals surface area (Å²) in [4.78, 5) is 40.3. The molecule has 0 atom stereocenters. The minimum Gasteiger partial charge on any atom is -0.497 e. The van der Waals surface area contributed by atoms with Gasteiger partial charge in [-0.25, -0.2) is 4.98 Å². The van der Waals surface area contributed by atoms with Gasteiger partial charge in [0.15, 0.2) is 0 Å². The molecule has 0 unspecified atom stereocenters. The smallest absolute Gasteiger partial charge is 0.257 e. The van der Waals surface area contributed by atoms with Crippen molar-refractivity contribution in [3.63, 3.8) is 0 Å². The fourth-order valence-corrected chi connectivity index (χ4v) is 5.54. The van der Waals surface area contributed by atoms with Gasteiger partial charge in [-0.1, -0.05) is 18.2 Å². The van der Waals surface area contributed by atoms with Crippen LogP contribution in [-0.2, 0) is 0 Å². The maximum Gasteiger partial charge on any atom is 0.257 e. The lowest BCUT2D eigenvalue weighted by Gasteiger charge is -2.35. The molecule has 3 aromatic carbocycles. The fourth-order valence-electron chi connectivity index (χ4n) is 5.54. The number of hydrogen-bond acceptors (Lipinski definition) is 6. The van der Waals surface area contributed by atoms with E-state index in [0.29, 0.717) is 16.8 Å². The molecule has 2 aromatic heterocycles. The van der Waals surface area contributed by atoms with Crippen LogP contribution < -0.4 is 15.0 Å². The summed E-state index contributed by atoms with van der Waals surface area (Å²) in [6, 6.07) is 23.1. The summed E-state index contributed by atoms with van der Waals surface area (Å²) in [6.45, 7) is 3.56. The van der Waals surface area contributed by atoms with Crippen LogP contribution in [-0.4, -0.2) is 86.0 Å². The summed E-state index contributed by atoms with van der Waals surface area (Å²) in [5.74, 6) is 0.522. The number of pyridine rings is 1. The molecule has 2 N–H and O–H groups in total. The number of fused-ring (bicyclic) bond motifs is 1. The van der Waals surface area contributed by atoms with E-state index in [0.717, 1.165) is 70.9 Å². The number of hydrogen-bond donors (Lipinski definition) is 2. The Balaban J connectivity index is 1.35. The van der Waals surface area contributed by atoms with Crippen molar-refractivity contribution in [3.8, 4) is 28.0 Å². The largest absolute Gasteiger partial charge is 0.497 e. The maximum atomic E-state index is 13.8. The van der Waals surface area contributed by atoms with Gasteiger partial charge >= 0.3 is 0 Å². The van der Waals surface area contributed by atoms with Crippen molar-refractivity contribution < 1.29 is 14.3 Å². The van der Waals surface area contributed by atoms with Crippen molar-refractivity contribution in [1.82, 2.24) is 19.8 Å². The van der Waals surface area contributed by atoms with Gasteiger partial charge in [-0.2, -0.15) is 0 Å². The molecule has 44 heavy (non-hydrogen) atoms. The topological polar surface area (TPSA) is 93.8 Å². The normalized spacial score (nSPS) is 13.6. The molecule has 5 aromatic rings. The van der Waals surface area contributed by atoms with Crippen LogP contribution in [0.5, 0.6) is 5.75 Å². The van der Waals surface area contributed by atoms with Crippen molar-refractivity contribution in [3.05, 3.63) is 96.3 Å². The van der Waals surface area contributed by atoms with Gasteiger partial charge in [-0.05, 0) is 72.8 Å². The molecule has 1 aliphatic heterocycles. The number of methoxy groups -OCH3 is 1. The van der Waals surface area contributed by atoms with Gasteiger partial charge in [0.05, 0.1) is 12.7 Å². The third kappa shape index (κ3) is 5.87. The van der Waals surface area contributed by atoms with Gasteiger partial charge in [0, 0.05) is 86.1 Å². The molecule has 1 saturated heterocycles. The molecule has 9 heteroatoms. The molecule has 0 radical (unpaired) electrons. The van der Waals surface area contributed by atoms with Gasteiger partial charge in [-0.15, -0.1) is 0 Å². The number of amides is 2. The molecule has 2 amide bonds. The summed E-state index contributed by atoms with van der Waals surface area (Å²) >= 11 is 0. The van der Waals surface area contributed by atoms with Crippen LogP contribution in [0.15, 0.2) is 85.2 Å². The highest BCUT2D eigenvalue weighted by Gasteiger charge is 2.22. The Kier molecular flexibility index (Phi) is 8.04. The van der Waals surface area contributed by atoms with E-state index in [1.54, 1.807) is 26.1 Å². The van der Waals surface area contributed by atoms with Crippen molar-refractivity contribution in [1.29, 1.82) is 0 Å². The SMILES string of the molecule is COc1ccc(NC(=O)c2cc(-c3cnc4[nH]cc(-c5ccc(C(=O)N(C)C)cc5)c4c3)ccc2N2CCN(C)CC2)cc1. The number of aromatic amines is 1. The predicted molar refractivity (Wildman–Crippen MR) is 176 cm³/mol. The minimum absolute atomic E-state index is 0.0359. The summed E-state index contributed by atoms with van der Waals surface area (Å²) in [5, 5.41) is 4.03.